The van der Waals surface area contributed by atoms with Crippen molar-refractivity contribution >= 4 is 8.25 Å². The molecular formula is C20H33N5O6P+. The number of hydrogen-bond donors (Lipinski definition) is 1. The van der Waals surface area contributed by atoms with Crippen LogP contribution in [0.4, 0.5) is 0 Å². The van der Waals surface area contributed by atoms with Crippen LogP contribution in [0.15, 0.2) is 20.9 Å². The molecule has 1 aliphatic heterocycles. The lowest BCUT2D eigenvalue weighted by Crippen LogP contribution is -2.33. The molecule has 1 fully saturated rings. The van der Waals surface area contributed by atoms with Gasteiger partial charge in [-0.3, -0.25) is 14.3 Å². The van der Waals surface area contributed by atoms with Crippen molar-refractivity contribution < 1.29 is 18.3 Å². The molecule has 1 aromatic rings. The van der Waals surface area contributed by atoms with Crippen molar-refractivity contribution in [1.82, 2.24) is 9.55 Å². The van der Waals surface area contributed by atoms with E-state index >= 15 is 0 Å². The largest absolute Gasteiger partial charge is 0.697 e. The standard InChI is InChI=1S/C20H32N5O6P/c1-3-4-5-6-7-8-9-10-11-29-32(28)30-14-17-16(23-24-21)12-18(31-17)25-13-15(2)19(26)22-20(25)27/h13,16-18H,3-12,14H2,1-2H3/p+1/t16-,17+,18+/m0/s1. The van der Waals surface area contributed by atoms with Crippen LogP contribution in [0.5, 0.6) is 0 Å². The number of azide groups is 1. The molecule has 1 aromatic heterocycles. The van der Waals surface area contributed by atoms with Gasteiger partial charge >= 0.3 is 13.9 Å². The van der Waals surface area contributed by atoms with Gasteiger partial charge in [-0.2, -0.15) is 0 Å². The Hall–Kier alpha value is -2.03. The summed E-state index contributed by atoms with van der Waals surface area (Å²) in [5, 5.41) is 3.70. The average molecular weight is 470 g/mol. The van der Waals surface area contributed by atoms with Crippen molar-refractivity contribution in [3.63, 3.8) is 0 Å². The van der Waals surface area contributed by atoms with Crippen molar-refractivity contribution in [3.05, 3.63) is 43.0 Å². The molecule has 178 valence electrons. The number of ether oxygens (including phenoxy) is 1. The maximum Gasteiger partial charge on any atom is 0.697 e. The monoisotopic (exact) mass is 470 g/mol. The van der Waals surface area contributed by atoms with Crippen LogP contribution < -0.4 is 11.2 Å². The van der Waals surface area contributed by atoms with Gasteiger partial charge in [-0.05, 0) is 18.9 Å². The third-order valence-electron chi connectivity index (χ3n) is 5.40. The van der Waals surface area contributed by atoms with Gasteiger partial charge in [0.25, 0.3) is 5.56 Å². The topological polar surface area (TPSA) is 148 Å². The van der Waals surface area contributed by atoms with Crippen molar-refractivity contribution in [2.24, 2.45) is 5.11 Å². The molecule has 1 N–H and O–H groups in total. The number of nitrogens with one attached hydrogen (secondary N) is 1. The van der Waals surface area contributed by atoms with E-state index in [1.54, 1.807) is 6.92 Å². The highest BCUT2D eigenvalue weighted by Crippen LogP contribution is 2.33. The van der Waals surface area contributed by atoms with E-state index in [4.69, 9.17) is 19.3 Å². The van der Waals surface area contributed by atoms with Gasteiger partial charge in [0.2, 0.25) is 0 Å². The van der Waals surface area contributed by atoms with Crippen LogP contribution in [0, 0.1) is 6.92 Å². The lowest BCUT2D eigenvalue weighted by Gasteiger charge is -2.14. The molecule has 1 saturated heterocycles. The minimum atomic E-state index is -2.32. The molecule has 0 bridgehead atoms. The van der Waals surface area contributed by atoms with Crippen molar-refractivity contribution in [3.8, 4) is 0 Å². The van der Waals surface area contributed by atoms with E-state index in [0.29, 0.717) is 12.2 Å². The number of unbranched alkanes of at least 4 members (excludes halogenated alkanes) is 7. The Morgan fingerprint density at radius 3 is 2.59 bits per heavy atom. The lowest BCUT2D eigenvalue weighted by molar-refractivity contribution is -0.0235. The Balaban J connectivity index is 1.75. The van der Waals surface area contributed by atoms with Crippen LogP contribution in [-0.2, 0) is 18.3 Å². The summed E-state index contributed by atoms with van der Waals surface area (Å²) in [5.41, 5.74) is 8.09. The first-order valence-electron chi connectivity index (χ1n) is 11.2. The van der Waals surface area contributed by atoms with Gasteiger partial charge in [0.05, 0.1) is 12.1 Å². The molecular weight excluding hydrogens is 437 g/mol. The van der Waals surface area contributed by atoms with E-state index in [-0.39, 0.29) is 13.0 Å². The van der Waals surface area contributed by atoms with E-state index in [1.807, 2.05) is 0 Å². The summed E-state index contributed by atoms with van der Waals surface area (Å²) in [6.45, 7) is 4.01. The Labute approximate surface area is 188 Å². The summed E-state index contributed by atoms with van der Waals surface area (Å²) in [6, 6.07) is -0.611. The molecule has 0 spiro atoms. The molecule has 32 heavy (non-hydrogen) atoms. The summed E-state index contributed by atoms with van der Waals surface area (Å²) in [7, 11) is -2.32. The molecule has 1 aliphatic rings. The SMILES string of the molecule is CCCCCCCCCCO[P+](=O)OC[C@H]1O[C@@H](n2cc(C)c(=O)[nH]c2=O)C[C@@H]1N=[N+]=[N-]. The number of rotatable bonds is 15. The number of aryl methyl sites for hydroxylation is 1. The van der Waals surface area contributed by atoms with Gasteiger partial charge in [0.1, 0.15) is 19.4 Å². The smallest absolute Gasteiger partial charge is 0.352 e. The van der Waals surface area contributed by atoms with Crippen LogP contribution in [-0.4, -0.2) is 34.9 Å². The second kappa shape index (κ2) is 14.2. The van der Waals surface area contributed by atoms with Gasteiger partial charge in [0, 0.05) is 27.7 Å². The summed E-state index contributed by atoms with van der Waals surface area (Å²) in [6.07, 6.45) is 9.44. The molecule has 2 heterocycles. The Morgan fingerprint density at radius 1 is 1.22 bits per heavy atom. The molecule has 11 nitrogen and oxygen atoms in total. The highest BCUT2D eigenvalue weighted by Gasteiger charge is 2.38. The summed E-state index contributed by atoms with van der Waals surface area (Å²) in [5.74, 6) is 0. The van der Waals surface area contributed by atoms with Gasteiger partial charge in [-0.25, -0.2) is 4.79 Å². The zero-order chi connectivity index (χ0) is 23.3. The van der Waals surface area contributed by atoms with Crippen LogP contribution in [0.25, 0.3) is 10.4 Å². The summed E-state index contributed by atoms with van der Waals surface area (Å²) in [4.78, 5) is 28.7. The molecule has 4 atom stereocenters. The normalized spacial score (nSPS) is 20.8. The molecule has 0 amide bonds. The number of hydrogen-bond acceptors (Lipinski definition) is 7. The van der Waals surface area contributed by atoms with E-state index in [1.165, 1.54) is 42.9 Å². The van der Waals surface area contributed by atoms with Crippen molar-refractivity contribution in [2.75, 3.05) is 13.2 Å². The Morgan fingerprint density at radius 2 is 1.91 bits per heavy atom. The van der Waals surface area contributed by atoms with Crippen LogP contribution in [0.1, 0.15) is 76.5 Å². The van der Waals surface area contributed by atoms with Crippen molar-refractivity contribution in [2.45, 2.75) is 90.0 Å². The maximum atomic E-state index is 12.1. The minimum absolute atomic E-state index is 0.107. The molecule has 12 heteroatoms. The van der Waals surface area contributed by atoms with Crippen LogP contribution in [0.3, 0.4) is 0 Å². The van der Waals surface area contributed by atoms with Gasteiger partial charge in [-0.15, -0.1) is 9.05 Å². The first-order chi connectivity index (χ1) is 15.5. The van der Waals surface area contributed by atoms with E-state index in [2.05, 4.69) is 21.9 Å². The predicted octanol–water partition coefficient (Wildman–Crippen LogP) is 4.64. The highest BCUT2D eigenvalue weighted by atomic mass is 31.1. The molecule has 0 saturated carbocycles. The predicted molar refractivity (Wildman–Crippen MR) is 120 cm³/mol. The number of aromatic nitrogens is 2. The zero-order valence-electron chi connectivity index (χ0n) is 18.8. The van der Waals surface area contributed by atoms with E-state index < -0.39 is 37.9 Å². The average Bonchev–Trinajstić information content (AvgIpc) is 3.16. The second-order valence-corrected chi connectivity index (χ2v) is 8.91. The lowest BCUT2D eigenvalue weighted by atomic mass is 10.1. The van der Waals surface area contributed by atoms with Crippen LogP contribution >= 0.6 is 8.25 Å². The number of aromatic amines is 1. The Kier molecular flexibility index (Phi) is 11.6. The van der Waals surface area contributed by atoms with Crippen LogP contribution in [0.2, 0.25) is 0 Å². The quantitative estimate of drug-likeness (QED) is 0.130. The molecule has 2 rings (SSSR count). The third-order valence-corrected chi connectivity index (χ3v) is 6.15. The fourth-order valence-electron chi connectivity index (χ4n) is 3.57. The fraction of sp³-hybridized carbons (Fsp3) is 0.800. The first kappa shape index (κ1) is 26.2. The highest BCUT2D eigenvalue weighted by molar-refractivity contribution is 7.33. The molecule has 1 unspecified atom stereocenters. The second-order valence-electron chi connectivity index (χ2n) is 7.94. The Bertz CT molecular complexity index is 897. The van der Waals surface area contributed by atoms with Gasteiger partial charge < -0.3 is 4.74 Å². The molecule has 0 radical (unpaired) electrons. The summed E-state index contributed by atoms with van der Waals surface area (Å²) >= 11 is 0. The van der Waals surface area contributed by atoms with Crippen molar-refractivity contribution in [1.29, 1.82) is 0 Å². The number of H-pyrrole nitrogens is 1. The third kappa shape index (κ3) is 8.48. The maximum absolute atomic E-state index is 12.1. The number of nitrogens with zero attached hydrogens (tertiary/aromatic N) is 4. The minimum Gasteiger partial charge on any atom is -0.352 e. The summed E-state index contributed by atoms with van der Waals surface area (Å²) < 4.78 is 29.6. The fourth-order valence-corrected chi connectivity index (χ4v) is 4.19. The first-order valence-corrected chi connectivity index (χ1v) is 12.3. The zero-order valence-corrected chi connectivity index (χ0v) is 19.7. The van der Waals surface area contributed by atoms with E-state index in [0.717, 1.165) is 19.3 Å². The van der Waals surface area contributed by atoms with Gasteiger partial charge in [0.15, 0.2) is 0 Å². The van der Waals surface area contributed by atoms with E-state index in [9.17, 15) is 14.2 Å². The van der Waals surface area contributed by atoms with Gasteiger partial charge in [-0.1, -0.05) is 57.0 Å². The molecule has 0 aromatic carbocycles. The molecule has 0 aliphatic carbocycles.